The molecule has 2 aromatic carbocycles. The highest BCUT2D eigenvalue weighted by atomic mass is 19.1. The van der Waals surface area contributed by atoms with Crippen molar-refractivity contribution in [1.82, 2.24) is 10.3 Å². The summed E-state index contributed by atoms with van der Waals surface area (Å²) in [5, 5.41) is 8.75. The van der Waals surface area contributed by atoms with Crippen LogP contribution in [0.1, 0.15) is 62.9 Å². The molecule has 2 aromatic heterocycles. The number of halogens is 1. The molecule has 5 rings (SSSR count). The maximum atomic E-state index is 13.3. The molecule has 0 spiro atoms. The number of carbonyl (C=O) groups is 3. The highest BCUT2D eigenvalue weighted by Crippen LogP contribution is 2.37. The van der Waals surface area contributed by atoms with Gasteiger partial charge in [0.2, 0.25) is 11.8 Å². The van der Waals surface area contributed by atoms with Crippen molar-refractivity contribution in [2.75, 3.05) is 10.6 Å². The van der Waals surface area contributed by atoms with Crippen LogP contribution in [0, 0.1) is 19.7 Å². The number of hydrogen-bond donors (Lipinski definition) is 4. The van der Waals surface area contributed by atoms with Crippen molar-refractivity contribution in [3.63, 3.8) is 0 Å². The van der Waals surface area contributed by atoms with E-state index in [1.165, 1.54) is 24.5 Å². The number of aryl methyl sites for hydroxylation is 1. The van der Waals surface area contributed by atoms with Crippen LogP contribution in [0.3, 0.4) is 0 Å². The molecular formula is C31H29FN4O4. The van der Waals surface area contributed by atoms with E-state index in [0.29, 0.717) is 23.4 Å². The van der Waals surface area contributed by atoms with Gasteiger partial charge >= 0.3 is 0 Å². The molecule has 40 heavy (non-hydrogen) atoms. The highest BCUT2D eigenvalue weighted by molar-refractivity contribution is 6.05. The zero-order valence-corrected chi connectivity index (χ0v) is 22.3. The Morgan fingerprint density at radius 3 is 2.62 bits per heavy atom. The van der Waals surface area contributed by atoms with Gasteiger partial charge in [-0.05, 0) is 79.9 Å². The summed E-state index contributed by atoms with van der Waals surface area (Å²) >= 11 is 0. The molecule has 1 aliphatic rings. The van der Waals surface area contributed by atoms with Gasteiger partial charge in [0, 0.05) is 40.7 Å². The van der Waals surface area contributed by atoms with Gasteiger partial charge in [0.25, 0.3) is 5.91 Å². The minimum atomic E-state index is -0.515. The van der Waals surface area contributed by atoms with Crippen molar-refractivity contribution in [2.24, 2.45) is 0 Å². The van der Waals surface area contributed by atoms with Gasteiger partial charge in [-0.3, -0.25) is 14.4 Å². The van der Waals surface area contributed by atoms with Gasteiger partial charge in [-0.1, -0.05) is 12.1 Å². The fraction of sp³-hybridized carbons (Fsp3) is 0.194. The van der Waals surface area contributed by atoms with Crippen LogP contribution in [0.5, 0.6) is 0 Å². The summed E-state index contributed by atoms with van der Waals surface area (Å²) in [7, 11) is 0. The summed E-state index contributed by atoms with van der Waals surface area (Å²) < 4.78 is 18.3. The van der Waals surface area contributed by atoms with Gasteiger partial charge < -0.3 is 25.4 Å². The van der Waals surface area contributed by atoms with E-state index >= 15 is 0 Å². The van der Waals surface area contributed by atoms with Gasteiger partial charge in [0.1, 0.15) is 5.82 Å². The lowest BCUT2D eigenvalue weighted by Gasteiger charge is -2.15. The second-order valence-corrected chi connectivity index (χ2v) is 9.90. The molecule has 0 fully saturated rings. The molecule has 0 radical (unpaired) electrons. The number of furan rings is 1. The van der Waals surface area contributed by atoms with Gasteiger partial charge in [0.15, 0.2) is 0 Å². The van der Waals surface area contributed by atoms with Crippen LogP contribution in [0.25, 0.3) is 6.08 Å². The molecule has 0 saturated carbocycles. The average molecular weight is 541 g/mol. The number of hydrogen-bond acceptors (Lipinski definition) is 4. The summed E-state index contributed by atoms with van der Waals surface area (Å²) in [4.78, 5) is 41.8. The summed E-state index contributed by atoms with van der Waals surface area (Å²) in [5.41, 5.74) is 6.48. The monoisotopic (exact) mass is 540 g/mol. The summed E-state index contributed by atoms with van der Waals surface area (Å²) in [6.45, 7) is 5.58. The van der Waals surface area contributed by atoms with Crippen LogP contribution in [0.4, 0.5) is 15.8 Å². The quantitative estimate of drug-likeness (QED) is 0.212. The first-order valence-electron chi connectivity index (χ1n) is 12.9. The predicted octanol–water partition coefficient (Wildman–Crippen LogP) is 5.78. The molecule has 204 valence electrons. The molecule has 4 aromatic rings. The van der Waals surface area contributed by atoms with Crippen LogP contribution in [-0.4, -0.2) is 22.7 Å². The number of fused-ring (bicyclic) bond motifs is 1. The Hall–Kier alpha value is -4.92. The van der Waals surface area contributed by atoms with Crippen LogP contribution in [0.15, 0.2) is 71.6 Å². The zero-order valence-electron chi connectivity index (χ0n) is 22.3. The molecule has 3 amide bonds. The van der Waals surface area contributed by atoms with E-state index < -0.39 is 5.92 Å². The van der Waals surface area contributed by atoms with E-state index in [-0.39, 0.29) is 29.6 Å². The molecular weight excluding hydrogens is 511 g/mol. The Morgan fingerprint density at radius 1 is 1.12 bits per heavy atom. The second-order valence-electron chi connectivity index (χ2n) is 9.90. The summed E-state index contributed by atoms with van der Waals surface area (Å²) in [5.74, 6) is -1.59. The van der Waals surface area contributed by atoms with Crippen molar-refractivity contribution in [2.45, 2.75) is 39.2 Å². The molecule has 0 bridgehead atoms. The van der Waals surface area contributed by atoms with Gasteiger partial charge in [-0.25, -0.2) is 4.39 Å². The lowest BCUT2D eigenvalue weighted by Crippen LogP contribution is -2.26. The fourth-order valence-corrected chi connectivity index (χ4v) is 4.90. The van der Waals surface area contributed by atoms with Crippen molar-refractivity contribution in [3.05, 3.63) is 112 Å². The van der Waals surface area contributed by atoms with E-state index in [1.54, 1.807) is 48.7 Å². The number of amides is 3. The SMILES string of the molecule is Cc1[nH]c(CC2C(=O)Nc3ccc(C(=O)NC(C)c4ccc(F)cc4)cc32)c(C)c1NC(=O)/C=C/c1ccoc1. The zero-order chi connectivity index (χ0) is 28.4. The summed E-state index contributed by atoms with van der Waals surface area (Å²) in [6.07, 6.45) is 6.53. The molecule has 3 heterocycles. The first-order chi connectivity index (χ1) is 19.2. The number of rotatable bonds is 8. The van der Waals surface area contributed by atoms with Crippen LogP contribution >= 0.6 is 0 Å². The Balaban J connectivity index is 1.31. The summed E-state index contributed by atoms with van der Waals surface area (Å²) in [6, 6.07) is 12.5. The molecule has 2 unspecified atom stereocenters. The van der Waals surface area contributed by atoms with Crippen LogP contribution in [-0.2, 0) is 16.0 Å². The van der Waals surface area contributed by atoms with Gasteiger partial charge in [-0.15, -0.1) is 0 Å². The largest absolute Gasteiger partial charge is 0.472 e. The van der Waals surface area contributed by atoms with E-state index in [1.807, 2.05) is 20.8 Å². The maximum Gasteiger partial charge on any atom is 0.251 e. The molecule has 0 aliphatic carbocycles. The van der Waals surface area contributed by atoms with Crippen molar-refractivity contribution in [3.8, 4) is 0 Å². The van der Waals surface area contributed by atoms with E-state index in [9.17, 15) is 18.8 Å². The predicted molar refractivity (Wildman–Crippen MR) is 150 cm³/mol. The lowest BCUT2D eigenvalue weighted by molar-refractivity contribution is -0.117. The molecule has 9 heteroatoms. The molecule has 2 atom stereocenters. The maximum absolute atomic E-state index is 13.3. The first kappa shape index (κ1) is 26.7. The number of aromatic amines is 1. The number of benzene rings is 2. The normalized spacial score (nSPS) is 15.1. The Bertz CT molecular complexity index is 1600. The van der Waals surface area contributed by atoms with E-state index in [4.69, 9.17) is 4.42 Å². The third-order valence-electron chi connectivity index (χ3n) is 7.15. The van der Waals surface area contributed by atoms with Crippen molar-refractivity contribution in [1.29, 1.82) is 0 Å². The van der Waals surface area contributed by atoms with E-state index in [2.05, 4.69) is 20.9 Å². The Labute approximate surface area is 230 Å². The highest BCUT2D eigenvalue weighted by Gasteiger charge is 2.33. The fourth-order valence-electron chi connectivity index (χ4n) is 4.90. The standard InChI is InChI=1S/C31H29FN4O4/c1-17-27(33-19(3)29(17)36-28(37)11-4-20-12-13-40-16-20)15-25-24-14-22(7-10-26(24)35-31(25)39)30(38)34-18(2)21-5-8-23(32)9-6-21/h4-14,16,18,25,33H,15H2,1-3H3,(H,34,38)(H,35,39)(H,36,37)/b11-4+. The smallest absolute Gasteiger partial charge is 0.251 e. The van der Waals surface area contributed by atoms with Crippen LogP contribution < -0.4 is 16.0 Å². The number of H-pyrrole nitrogens is 1. The number of aromatic nitrogens is 1. The lowest BCUT2D eigenvalue weighted by atomic mass is 9.93. The van der Waals surface area contributed by atoms with Crippen molar-refractivity contribution >= 4 is 35.2 Å². The number of anilines is 2. The van der Waals surface area contributed by atoms with Gasteiger partial charge in [-0.2, -0.15) is 0 Å². The third-order valence-corrected chi connectivity index (χ3v) is 7.15. The van der Waals surface area contributed by atoms with Gasteiger partial charge in [0.05, 0.1) is 30.2 Å². The minimum Gasteiger partial charge on any atom is -0.472 e. The number of carbonyl (C=O) groups excluding carboxylic acids is 3. The first-order valence-corrected chi connectivity index (χ1v) is 12.9. The third kappa shape index (κ3) is 5.58. The minimum absolute atomic E-state index is 0.160. The number of nitrogens with one attached hydrogen (secondary N) is 4. The second kappa shape index (κ2) is 11.1. The average Bonchev–Trinajstić information content (AvgIpc) is 3.63. The topological polar surface area (TPSA) is 116 Å². The molecule has 1 aliphatic heterocycles. The van der Waals surface area contributed by atoms with Crippen molar-refractivity contribution < 1.29 is 23.2 Å². The molecule has 0 saturated heterocycles. The molecule has 4 N–H and O–H groups in total. The Morgan fingerprint density at radius 2 is 1.90 bits per heavy atom. The molecule has 8 nitrogen and oxygen atoms in total. The van der Waals surface area contributed by atoms with Crippen LogP contribution in [0.2, 0.25) is 0 Å². The van der Waals surface area contributed by atoms with E-state index in [0.717, 1.165) is 33.6 Å². The Kier molecular flexibility index (Phi) is 7.37.